The lowest BCUT2D eigenvalue weighted by Gasteiger charge is -2.10. The summed E-state index contributed by atoms with van der Waals surface area (Å²) < 4.78 is 0. The first-order valence-electron chi connectivity index (χ1n) is 2.12. The summed E-state index contributed by atoms with van der Waals surface area (Å²) in [5, 5.41) is 0. The number of rotatable bonds is 2. The van der Waals surface area contributed by atoms with Crippen LogP contribution in [-0.2, 0) is 0 Å². The van der Waals surface area contributed by atoms with Crippen LogP contribution >= 0.6 is 0 Å². The maximum atomic E-state index is 5.17. The Morgan fingerprint density at radius 3 is 2.33 bits per heavy atom. The van der Waals surface area contributed by atoms with Crippen molar-refractivity contribution in [2.75, 3.05) is 20.1 Å². The van der Waals surface area contributed by atoms with Gasteiger partial charge < -0.3 is 10.6 Å². The van der Waals surface area contributed by atoms with Crippen molar-refractivity contribution in [1.29, 1.82) is 0 Å². The summed E-state index contributed by atoms with van der Waals surface area (Å²) in [7, 11) is 5.64. The van der Waals surface area contributed by atoms with Gasteiger partial charge in [-0.25, -0.2) is 0 Å². The molecule has 0 aromatic carbocycles. The summed E-state index contributed by atoms with van der Waals surface area (Å²) in [6.45, 7) is 1.69. The van der Waals surface area contributed by atoms with Crippen LogP contribution < -0.4 is 10.6 Å². The molecular formula is C4H12N2. The minimum Gasteiger partial charge on any atom is -0.469 e. The molecule has 0 aliphatic rings. The van der Waals surface area contributed by atoms with Gasteiger partial charge in [-0.3, -0.25) is 0 Å². The average Bonchev–Trinajstić information content (AvgIpc) is 1.35. The number of hydrogen-bond donors (Lipinski definition) is 2. The lowest BCUT2D eigenvalue weighted by molar-refractivity contribution is -0.829. The van der Waals surface area contributed by atoms with E-state index in [1.54, 1.807) is 0 Å². The SMILES string of the molecule is [CH2-][NH+](C)CCN. The quantitative estimate of drug-likeness (QED) is 0.385. The molecule has 0 fully saturated rings. The second kappa shape index (κ2) is 3.12. The van der Waals surface area contributed by atoms with Gasteiger partial charge in [0.15, 0.2) is 0 Å². The van der Waals surface area contributed by atoms with E-state index in [2.05, 4.69) is 7.05 Å². The van der Waals surface area contributed by atoms with Crippen molar-refractivity contribution in [3.8, 4) is 0 Å². The Labute approximate surface area is 38.9 Å². The standard InChI is InChI=1S/C4H12N2/c1-6(2)4-3-5/h6H,1,3-5H2,2H3. The van der Waals surface area contributed by atoms with Gasteiger partial charge in [0.1, 0.15) is 0 Å². The molecule has 0 saturated carbocycles. The van der Waals surface area contributed by atoms with Crippen LogP contribution in [-0.4, -0.2) is 20.1 Å². The highest BCUT2D eigenvalue weighted by molar-refractivity contribution is 4.21. The lowest BCUT2D eigenvalue weighted by atomic mass is 10.6. The predicted molar refractivity (Wildman–Crippen MR) is 26.2 cm³/mol. The largest absolute Gasteiger partial charge is 0.469 e. The first-order chi connectivity index (χ1) is 2.77. The van der Waals surface area contributed by atoms with Crippen molar-refractivity contribution in [3.05, 3.63) is 7.05 Å². The molecule has 0 spiro atoms. The maximum absolute atomic E-state index is 5.17. The average molecular weight is 88.2 g/mol. The third-order valence-corrected chi connectivity index (χ3v) is 0.571. The topological polar surface area (TPSA) is 30.5 Å². The van der Waals surface area contributed by atoms with Crippen molar-refractivity contribution >= 4 is 0 Å². The Bertz CT molecular complexity index is 26.7. The van der Waals surface area contributed by atoms with Crippen LogP contribution in [0.3, 0.4) is 0 Å². The third-order valence-electron chi connectivity index (χ3n) is 0.571. The number of likely N-dealkylation sites (N-methyl/N-ethyl adjacent to an activating group) is 1. The number of nitrogens with one attached hydrogen (secondary N) is 1. The first kappa shape index (κ1) is 5.92. The van der Waals surface area contributed by atoms with E-state index in [0.717, 1.165) is 18.0 Å². The molecule has 0 heterocycles. The van der Waals surface area contributed by atoms with Gasteiger partial charge in [0, 0.05) is 13.6 Å². The molecular weight excluding hydrogens is 76.1 g/mol. The summed E-state index contributed by atoms with van der Waals surface area (Å²) in [4.78, 5) is 1.16. The van der Waals surface area contributed by atoms with Crippen molar-refractivity contribution in [1.82, 2.24) is 0 Å². The summed E-state index contributed by atoms with van der Waals surface area (Å²) in [6.07, 6.45) is 0. The highest BCUT2D eigenvalue weighted by Gasteiger charge is 1.76. The Morgan fingerprint density at radius 2 is 2.33 bits per heavy atom. The molecule has 38 valence electrons. The van der Waals surface area contributed by atoms with Gasteiger partial charge in [0.05, 0.1) is 6.54 Å². The number of nitrogens with two attached hydrogens (primary N) is 1. The molecule has 2 heteroatoms. The monoisotopic (exact) mass is 88.1 g/mol. The molecule has 0 saturated heterocycles. The van der Waals surface area contributed by atoms with Crippen LogP contribution in [0.5, 0.6) is 0 Å². The Morgan fingerprint density at radius 1 is 1.83 bits per heavy atom. The summed E-state index contributed by atoms with van der Waals surface area (Å²) in [5.41, 5.74) is 5.17. The van der Waals surface area contributed by atoms with Gasteiger partial charge in [0.25, 0.3) is 0 Å². The van der Waals surface area contributed by atoms with Crippen molar-refractivity contribution in [2.45, 2.75) is 0 Å². The van der Waals surface area contributed by atoms with E-state index in [-0.39, 0.29) is 0 Å². The van der Waals surface area contributed by atoms with Gasteiger partial charge >= 0.3 is 0 Å². The molecule has 0 rings (SSSR count). The smallest absolute Gasteiger partial charge is 0.0653 e. The van der Waals surface area contributed by atoms with Gasteiger partial charge in [-0.2, -0.15) is 7.05 Å². The van der Waals surface area contributed by atoms with Crippen molar-refractivity contribution < 1.29 is 4.90 Å². The van der Waals surface area contributed by atoms with E-state index in [4.69, 9.17) is 5.73 Å². The fraction of sp³-hybridized carbons (Fsp3) is 0.750. The summed E-state index contributed by atoms with van der Waals surface area (Å²) in [5.74, 6) is 0. The van der Waals surface area contributed by atoms with Crippen LogP contribution in [0.25, 0.3) is 0 Å². The highest BCUT2D eigenvalue weighted by atomic mass is 15.1. The van der Waals surface area contributed by atoms with E-state index in [1.807, 2.05) is 7.05 Å². The van der Waals surface area contributed by atoms with Gasteiger partial charge in [0.2, 0.25) is 0 Å². The zero-order valence-electron chi connectivity index (χ0n) is 4.20. The van der Waals surface area contributed by atoms with Crippen molar-refractivity contribution in [2.24, 2.45) is 5.73 Å². The Kier molecular flexibility index (Phi) is 3.08. The number of quaternary nitrogens is 1. The van der Waals surface area contributed by atoms with Gasteiger partial charge in [-0.15, -0.1) is 0 Å². The lowest BCUT2D eigenvalue weighted by Crippen LogP contribution is -3.04. The minimum absolute atomic E-state index is 0.731. The summed E-state index contributed by atoms with van der Waals surface area (Å²) >= 11 is 0. The van der Waals surface area contributed by atoms with Crippen LogP contribution in [0.1, 0.15) is 0 Å². The Hall–Kier alpha value is -0.0800. The molecule has 0 aromatic heterocycles. The molecule has 1 atom stereocenters. The van der Waals surface area contributed by atoms with E-state index >= 15 is 0 Å². The maximum Gasteiger partial charge on any atom is 0.0653 e. The normalized spacial score (nSPS) is 14.5. The minimum atomic E-state index is 0.731. The fourth-order valence-electron chi connectivity index (χ4n) is 0.246. The molecule has 0 aliphatic heterocycles. The van der Waals surface area contributed by atoms with Gasteiger partial charge in [-0.05, 0) is 0 Å². The van der Waals surface area contributed by atoms with Crippen LogP contribution in [0.15, 0.2) is 0 Å². The van der Waals surface area contributed by atoms with E-state index in [1.165, 1.54) is 0 Å². The van der Waals surface area contributed by atoms with E-state index in [0.29, 0.717) is 0 Å². The van der Waals surface area contributed by atoms with Gasteiger partial charge in [-0.1, -0.05) is 0 Å². The molecule has 0 aromatic rings. The second-order valence-corrected chi connectivity index (χ2v) is 1.50. The van der Waals surface area contributed by atoms with E-state index < -0.39 is 0 Å². The van der Waals surface area contributed by atoms with Crippen LogP contribution in [0, 0.1) is 7.05 Å². The first-order valence-corrected chi connectivity index (χ1v) is 2.12. The van der Waals surface area contributed by atoms with E-state index in [9.17, 15) is 0 Å². The number of hydrogen-bond acceptors (Lipinski definition) is 1. The fourth-order valence-corrected chi connectivity index (χ4v) is 0.246. The second-order valence-electron chi connectivity index (χ2n) is 1.50. The zero-order valence-corrected chi connectivity index (χ0v) is 4.20. The summed E-state index contributed by atoms with van der Waals surface area (Å²) in [6, 6.07) is 0. The predicted octanol–water partition coefficient (Wildman–Crippen LogP) is -1.75. The molecule has 0 amide bonds. The van der Waals surface area contributed by atoms with Crippen LogP contribution in [0.4, 0.5) is 0 Å². The molecule has 0 bridgehead atoms. The van der Waals surface area contributed by atoms with Crippen LogP contribution in [0.2, 0.25) is 0 Å². The molecule has 0 aliphatic carbocycles. The molecule has 1 unspecified atom stereocenters. The van der Waals surface area contributed by atoms with Crippen molar-refractivity contribution in [3.63, 3.8) is 0 Å². The molecule has 3 N–H and O–H groups in total. The molecule has 0 radical (unpaired) electrons. The molecule has 6 heavy (non-hydrogen) atoms. The Balaban J connectivity index is 2.63. The molecule has 2 nitrogen and oxygen atoms in total. The zero-order chi connectivity index (χ0) is 4.99. The highest BCUT2D eigenvalue weighted by Crippen LogP contribution is 1.30. The third kappa shape index (κ3) is 3.92.